The van der Waals surface area contributed by atoms with Crippen LogP contribution in [0, 0.1) is 13.8 Å². The van der Waals surface area contributed by atoms with E-state index in [1.807, 2.05) is 12.1 Å². The molecule has 3 aromatic rings. The summed E-state index contributed by atoms with van der Waals surface area (Å²) < 4.78 is 2.27. The molecule has 0 spiro atoms. The first-order valence-electron chi connectivity index (χ1n) is 7.94. The van der Waals surface area contributed by atoms with Gasteiger partial charge >= 0.3 is 0 Å². The number of hydrogen-bond donors (Lipinski definition) is 1. The van der Waals surface area contributed by atoms with Crippen LogP contribution >= 0.6 is 0 Å². The summed E-state index contributed by atoms with van der Waals surface area (Å²) in [6.07, 6.45) is 0. The first-order chi connectivity index (χ1) is 11.0. The summed E-state index contributed by atoms with van der Waals surface area (Å²) in [6.45, 7) is 6.11. The molecule has 2 N–H and O–H groups in total. The molecular formula is C19H24N4. The number of imidazole rings is 1. The number of hydrogen-bond acceptors (Lipinski definition) is 3. The van der Waals surface area contributed by atoms with Crippen LogP contribution in [0.1, 0.15) is 11.1 Å². The molecule has 0 bridgehead atoms. The third kappa shape index (κ3) is 2.94. The van der Waals surface area contributed by atoms with Crippen molar-refractivity contribution in [2.45, 2.75) is 20.4 Å². The molecule has 4 heteroatoms. The second-order valence-electron chi connectivity index (χ2n) is 6.40. The third-order valence-corrected chi connectivity index (χ3v) is 4.35. The highest BCUT2D eigenvalue weighted by Crippen LogP contribution is 2.29. The standard InChI is InChI=1S/C19H24N4/c1-13-8-9-15(12-14(13)2)19-21-18-16(20)6-5-7-17(18)23(19)11-10-22(3)4/h5-9,12H,10-11,20H2,1-4H3. The van der Waals surface area contributed by atoms with Crippen LogP contribution in [0.4, 0.5) is 5.69 Å². The fraction of sp³-hybridized carbons (Fsp3) is 0.316. The molecule has 0 radical (unpaired) electrons. The lowest BCUT2D eigenvalue weighted by atomic mass is 10.1. The number of likely N-dealkylation sites (N-methyl/N-ethyl adjacent to an activating group) is 1. The molecule has 23 heavy (non-hydrogen) atoms. The Balaban J connectivity index is 2.19. The van der Waals surface area contributed by atoms with Crippen molar-refractivity contribution in [3.63, 3.8) is 0 Å². The molecule has 0 amide bonds. The van der Waals surface area contributed by atoms with Gasteiger partial charge in [-0.2, -0.15) is 0 Å². The maximum absolute atomic E-state index is 6.14. The lowest BCUT2D eigenvalue weighted by Crippen LogP contribution is -2.18. The number of nitrogen functional groups attached to an aromatic ring is 1. The van der Waals surface area contributed by atoms with Crippen molar-refractivity contribution < 1.29 is 0 Å². The summed E-state index contributed by atoms with van der Waals surface area (Å²) >= 11 is 0. The van der Waals surface area contributed by atoms with Gasteiger partial charge in [-0.3, -0.25) is 0 Å². The Morgan fingerprint density at radius 3 is 2.57 bits per heavy atom. The Labute approximate surface area is 137 Å². The number of aromatic nitrogens is 2. The quantitative estimate of drug-likeness (QED) is 0.751. The molecule has 1 aromatic heterocycles. The lowest BCUT2D eigenvalue weighted by molar-refractivity contribution is 0.387. The zero-order chi connectivity index (χ0) is 16.6. The zero-order valence-electron chi connectivity index (χ0n) is 14.3. The van der Waals surface area contributed by atoms with Gasteiger partial charge in [-0.25, -0.2) is 4.98 Å². The maximum Gasteiger partial charge on any atom is 0.141 e. The van der Waals surface area contributed by atoms with Crippen molar-refractivity contribution >= 4 is 16.7 Å². The van der Waals surface area contributed by atoms with E-state index in [4.69, 9.17) is 10.7 Å². The predicted molar refractivity (Wildman–Crippen MR) is 97.6 cm³/mol. The van der Waals surface area contributed by atoms with Crippen LogP contribution in [0.2, 0.25) is 0 Å². The number of para-hydroxylation sites is 1. The van der Waals surface area contributed by atoms with Gasteiger partial charge in [0.1, 0.15) is 11.3 Å². The van der Waals surface area contributed by atoms with Crippen LogP contribution in [0.3, 0.4) is 0 Å². The van der Waals surface area contributed by atoms with Crippen molar-refractivity contribution in [3.8, 4) is 11.4 Å². The number of nitrogens with two attached hydrogens (primary N) is 1. The Morgan fingerprint density at radius 2 is 1.87 bits per heavy atom. The van der Waals surface area contributed by atoms with Gasteiger partial charge in [0.25, 0.3) is 0 Å². The van der Waals surface area contributed by atoms with Crippen LogP contribution in [0.5, 0.6) is 0 Å². The van der Waals surface area contributed by atoms with Crippen LogP contribution in [-0.2, 0) is 6.54 Å². The zero-order valence-corrected chi connectivity index (χ0v) is 14.3. The third-order valence-electron chi connectivity index (χ3n) is 4.35. The Kier molecular flexibility index (Phi) is 4.09. The number of aryl methyl sites for hydroxylation is 2. The van der Waals surface area contributed by atoms with Crippen molar-refractivity contribution in [1.82, 2.24) is 14.5 Å². The highest BCUT2D eigenvalue weighted by atomic mass is 15.1. The van der Waals surface area contributed by atoms with Gasteiger partial charge in [0, 0.05) is 18.7 Å². The average Bonchev–Trinajstić information content (AvgIpc) is 2.88. The maximum atomic E-state index is 6.14. The Bertz CT molecular complexity index is 846. The van der Waals surface area contributed by atoms with Crippen LogP contribution in [0.15, 0.2) is 36.4 Å². The normalized spacial score (nSPS) is 11.5. The van der Waals surface area contributed by atoms with Crippen molar-refractivity contribution in [1.29, 1.82) is 0 Å². The first kappa shape index (κ1) is 15.6. The highest BCUT2D eigenvalue weighted by Gasteiger charge is 2.14. The van der Waals surface area contributed by atoms with Gasteiger partial charge in [-0.05, 0) is 57.3 Å². The van der Waals surface area contributed by atoms with E-state index in [-0.39, 0.29) is 0 Å². The molecule has 0 fully saturated rings. The summed E-state index contributed by atoms with van der Waals surface area (Å²) in [5, 5.41) is 0. The molecule has 0 saturated carbocycles. The molecule has 0 aliphatic carbocycles. The van der Waals surface area contributed by atoms with E-state index in [1.165, 1.54) is 11.1 Å². The van der Waals surface area contributed by atoms with E-state index < -0.39 is 0 Å². The van der Waals surface area contributed by atoms with Gasteiger partial charge in [-0.15, -0.1) is 0 Å². The summed E-state index contributed by atoms with van der Waals surface area (Å²) in [7, 11) is 4.17. The number of fused-ring (bicyclic) bond motifs is 1. The monoisotopic (exact) mass is 308 g/mol. The van der Waals surface area contributed by atoms with E-state index in [2.05, 4.69) is 61.7 Å². The van der Waals surface area contributed by atoms with E-state index in [1.54, 1.807) is 0 Å². The molecule has 1 heterocycles. The van der Waals surface area contributed by atoms with Crippen LogP contribution in [-0.4, -0.2) is 35.1 Å². The number of rotatable bonds is 4. The minimum atomic E-state index is 0.733. The van der Waals surface area contributed by atoms with Gasteiger partial charge in [0.2, 0.25) is 0 Å². The van der Waals surface area contributed by atoms with E-state index in [0.717, 1.165) is 41.2 Å². The van der Waals surface area contributed by atoms with E-state index in [9.17, 15) is 0 Å². The summed E-state index contributed by atoms with van der Waals surface area (Å²) in [5.74, 6) is 0.989. The molecule has 0 atom stereocenters. The summed E-state index contributed by atoms with van der Waals surface area (Å²) in [4.78, 5) is 7.03. The lowest BCUT2D eigenvalue weighted by Gasteiger charge is -2.14. The molecule has 0 saturated heterocycles. The van der Waals surface area contributed by atoms with Gasteiger partial charge in [0.15, 0.2) is 0 Å². The SMILES string of the molecule is Cc1ccc(-c2nc3c(N)cccc3n2CCN(C)C)cc1C. The fourth-order valence-corrected chi connectivity index (χ4v) is 2.80. The highest BCUT2D eigenvalue weighted by molar-refractivity contribution is 5.90. The van der Waals surface area contributed by atoms with Crippen LogP contribution < -0.4 is 5.73 Å². The molecule has 4 nitrogen and oxygen atoms in total. The van der Waals surface area contributed by atoms with E-state index >= 15 is 0 Å². The fourth-order valence-electron chi connectivity index (χ4n) is 2.80. The van der Waals surface area contributed by atoms with Crippen molar-refractivity contribution in [3.05, 3.63) is 47.5 Å². The Morgan fingerprint density at radius 1 is 1.09 bits per heavy atom. The predicted octanol–water partition coefficient (Wildman–Crippen LogP) is 3.46. The van der Waals surface area contributed by atoms with E-state index in [0.29, 0.717) is 0 Å². The molecule has 2 aromatic carbocycles. The van der Waals surface area contributed by atoms with Gasteiger partial charge in [0.05, 0.1) is 11.2 Å². The second-order valence-corrected chi connectivity index (χ2v) is 6.40. The average molecular weight is 308 g/mol. The number of nitrogens with zero attached hydrogens (tertiary/aromatic N) is 3. The molecular weight excluding hydrogens is 284 g/mol. The van der Waals surface area contributed by atoms with Gasteiger partial charge in [-0.1, -0.05) is 18.2 Å². The number of benzene rings is 2. The topological polar surface area (TPSA) is 47.1 Å². The first-order valence-corrected chi connectivity index (χ1v) is 7.94. The van der Waals surface area contributed by atoms with Crippen molar-refractivity contribution in [2.24, 2.45) is 0 Å². The number of anilines is 1. The summed E-state index contributed by atoms with van der Waals surface area (Å²) in [5.41, 5.74) is 12.6. The molecule has 120 valence electrons. The van der Waals surface area contributed by atoms with Gasteiger partial charge < -0.3 is 15.2 Å². The molecule has 0 aliphatic heterocycles. The molecule has 0 aliphatic rings. The second kappa shape index (κ2) is 6.05. The largest absolute Gasteiger partial charge is 0.397 e. The molecule has 0 unspecified atom stereocenters. The summed E-state index contributed by atoms with van der Waals surface area (Å²) in [6, 6.07) is 12.5. The minimum absolute atomic E-state index is 0.733. The smallest absolute Gasteiger partial charge is 0.141 e. The minimum Gasteiger partial charge on any atom is -0.397 e. The Hall–Kier alpha value is -2.33. The molecule has 3 rings (SSSR count). The van der Waals surface area contributed by atoms with Crippen LogP contribution in [0.25, 0.3) is 22.4 Å². The van der Waals surface area contributed by atoms with Crippen molar-refractivity contribution in [2.75, 3.05) is 26.4 Å².